The van der Waals surface area contributed by atoms with E-state index in [0.717, 1.165) is 6.61 Å². The second-order valence-corrected chi connectivity index (χ2v) is 9.82. The van der Waals surface area contributed by atoms with E-state index in [4.69, 9.17) is 4.74 Å². The highest BCUT2D eigenvalue weighted by Crippen LogP contribution is 2.39. The van der Waals surface area contributed by atoms with Crippen LogP contribution >= 0.6 is 11.3 Å². The minimum Gasteiger partial charge on any atom is -0.378 e. The number of nitrogens with zero attached hydrogens (tertiary/aromatic N) is 2. The van der Waals surface area contributed by atoms with Crippen molar-refractivity contribution in [3.05, 3.63) is 10.0 Å². The molecule has 2 saturated carbocycles. The van der Waals surface area contributed by atoms with E-state index in [1.54, 1.807) is 0 Å². The van der Waals surface area contributed by atoms with Crippen molar-refractivity contribution in [1.82, 2.24) is 10.2 Å². The molecule has 0 radical (unpaired) electrons. The van der Waals surface area contributed by atoms with Gasteiger partial charge in [-0.25, -0.2) is 0 Å². The number of hydrogen-bond acceptors (Lipinski definition) is 4. The maximum Gasteiger partial charge on any atom is 0.120 e. The molecule has 2 fully saturated rings. The van der Waals surface area contributed by atoms with Crippen molar-refractivity contribution >= 4 is 11.3 Å². The highest BCUT2D eigenvalue weighted by molar-refractivity contribution is 7.11. The van der Waals surface area contributed by atoms with Gasteiger partial charge < -0.3 is 4.74 Å². The predicted octanol–water partition coefficient (Wildman–Crippen LogP) is 7.38. The van der Waals surface area contributed by atoms with Gasteiger partial charge in [0.25, 0.3) is 0 Å². The summed E-state index contributed by atoms with van der Waals surface area (Å²) < 4.78 is 6.16. The van der Waals surface area contributed by atoms with E-state index < -0.39 is 0 Å². The SMILES string of the molecule is CCCCCCCCCOC1CCC(c2nnc(C3CCCCC3)s2)CC1. The molecule has 27 heavy (non-hydrogen) atoms. The summed E-state index contributed by atoms with van der Waals surface area (Å²) in [7, 11) is 0. The number of rotatable bonds is 11. The third kappa shape index (κ3) is 7.12. The van der Waals surface area contributed by atoms with Gasteiger partial charge in [-0.05, 0) is 44.9 Å². The first kappa shape index (κ1) is 21.2. The molecule has 154 valence electrons. The van der Waals surface area contributed by atoms with E-state index in [1.165, 1.54) is 113 Å². The van der Waals surface area contributed by atoms with E-state index in [1.807, 2.05) is 11.3 Å². The summed E-state index contributed by atoms with van der Waals surface area (Å²) in [6.45, 7) is 3.25. The summed E-state index contributed by atoms with van der Waals surface area (Å²) in [5.74, 6) is 1.34. The topological polar surface area (TPSA) is 35.0 Å². The quantitative estimate of drug-likeness (QED) is 0.368. The van der Waals surface area contributed by atoms with Crippen LogP contribution in [0.3, 0.4) is 0 Å². The standard InChI is InChI=1S/C23H40N2OS/c1-2-3-4-5-6-7-11-18-26-21-16-14-20(15-17-21)23-25-24-22(27-23)19-12-9-8-10-13-19/h19-21H,2-18H2,1H3. The van der Waals surface area contributed by atoms with Crippen LogP contribution in [-0.4, -0.2) is 22.9 Å². The summed E-state index contributed by atoms with van der Waals surface area (Å²) >= 11 is 1.92. The molecule has 4 heteroatoms. The molecule has 3 nitrogen and oxygen atoms in total. The Hall–Kier alpha value is -0.480. The van der Waals surface area contributed by atoms with E-state index in [2.05, 4.69) is 17.1 Å². The van der Waals surface area contributed by atoms with Gasteiger partial charge >= 0.3 is 0 Å². The molecule has 1 heterocycles. The molecular formula is C23H40N2OS. The van der Waals surface area contributed by atoms with Crippen molar-refractivity contribution < 1.29 is 4.74 Å². The average Bonchev–Trinajstić information content (AvgIpc) is 3.21. The van der Waals surface area contributed by atoms with Gasteiger partial charge in [0.2, 0.25) is 0 Å². The lowest BCUT2D eigenvalue weighted by Crippen LogP contribution is -2.21. The van der Waals surface area contributed by atoms with Gasteiger partial charge in [0.15, 0.2) is 0 Å². The lowest BCUT2D eigenvalue weighted by atomic mass is 9.88. The van der Waals surface area contributed by atoms with Crippen LogP contribution in [0.2, 0.25) is 0 Å². The number of unbranched alkanes of at least 4 members (excludes halogenated alkanes) is 6. The maximum absolute atomic E-state index is 6.16. The Kier molecular flexibility index (Phi) is 9.56. The summed E-state index contributed by atoms with van der Waals surface area (Å²) in [5.41, 5.74) is 0. The fourth-order valence-corrected chi connectivity index (χ4v) is 5.89. The van der Waals surface area contributed by atoms with Crippen LogP contribution in [0.5, 0.6) is 0 Å². The first-order chi connectivity index (χ1) is 13.4. The Morgan fingerprint density at radius 2 is 1.33 bits per heavy atom. The molecule has 0 aliphatic heterocycles. The molecule has 0 N–H and O–H groups in total. The maximum atomic E-state index is 6.16. The molecule has 0 bridgehead atoms. The Morgan fingerprint density at radius 3 is 2.00 bits per heavy atom. The zero-order valence-electron chi connectivity index (χ0n) is 17.5. The van der Waals surface area contributed by atoms with Crippen molar-refractivity contribution in [2.75, 3.05) is 6.61 Å². The van der Waals surface area contributed by atoms with Crippen LogP contribution in [0.15, 0.2) is 0 Å². The fraction of sp³-hybridized carbons (Fsp3) is 0.913. The van der Waals surface area contributed by atoms with Crippen molar-refractivity contribution in [2.45, 2.75) is 128 Å². The molecule has 1 aromatic heterocycles. The average molecular weight is 393 g/mol. The summed E-state index contributed by atoms with van der Waals surface area (Å²) in [6.07, 6.45) is 21.7. The molecule has 0 spiro atoms. The van der Waals surface area contributed by atoms with Crippen molar-refractivity contribution in [2.24, 2.45) is 0 Å². The Bertz CT molecular complexity index is 504. The van der Waals surface area contributed by atoms with E-state index in [-0.39, 0.29) is 0 Å². The fourth-order valence-electron chi connectivity index (χ4n) is 4.71. The van der Waals surface area contributed by atoms with Crippen LogP contribution in [0.4, 0.5) is 0 Å². The van der Waals surface area contributed by atoms with Crippen molar-refractivity contribution in [1.29, 1.82) is 0 Å². The van der Waals surface area contributed by atoms with Crippen LogP contribution in [-0.2, 0) is 4.74 Å². The molecule has 2 aliphatic carbocycles. The summed E-state index contributed by atoms with van der Waals surface area (Å²) in [4.78, 5) is 0. The minimum absolute atomic E-state index is 0.493. The molecule has 3 rings (SSSR count). The minimum atomic E-state index is 0.493. The van der Waals surface area contributed by atoms with Crippen molar-refractivity contribution in [3.63, 3.8) is 0 Å². The van der Waals surface area contributed by atoms with Gasteiger partial charge in [0, 0.05) is 18.4 Å². The Balaban J connectivity index is 1.28. The van der Waals surface area contributed by atoms with Crippen LogP contribution < -0.4 is 0 Å². The smallest absolute Gasteiger partial charge is 0.120 e. The second-order valence-electron chi connectivity index (χ2n) is 8.78. The molecular weight excluding hydrogens is 352 g/mol. The zero-order chi connectivity index (χ0) is 18.7. The van der Waals surface area contributed by atoms with Crippen LogP contribution in [0.25, 0.3) is 0 Å². The lowest BCUT2D eigenvalue weighted by Gasteiger charge is -2.27. The third-order valence-electron chi connectivity index (χ3n) is 6.54. The van der Waals surface area contributed by atoms with Crippen molar-refractivity contribution in [3.8, 4) is 0 Å². The number of ether oxygens (including phenoxy) is 1. The van der Waals surface area contributed by atoms with Gasteiger partial charge in [-0.2, -0.15) is 0 Å². The summed E-state index contributed by atoms with van der Waals surface area (Å²) in [6, 6.07) is 0. The van der Waals surface area contributed by atoms with Gasteiger partial charge in [0.1, 0.15) is 10.0 Å². The Labute approximate surface area is 170 Å². The largest absolute Gasteiger partial charge is 0.378 e. The highest BCUT2D eigenvalue weighted by Gasteiger charge is 2.27. The molecule has 0 amide bonds. The van der Waals surface area contributed by atoms with E-state index in [0.29, 0.717) is 17.9 Å². The molecule has 1 aromatic rings. The summed E-state index contributed by atoms with van der Waals surface area (Å²) in [5, 5.41) is 11.8. The Morgan fingerprint density at radius 1 is 0.741 bits per heavy atom. The zero-order valence-corrected chi connectivity index (χ0v) is 18.3. The molecule has 0 saturated heterocycles. The van der Waals surface area contributed by atoms with Gasteiger partial charge in [-0.3, -0.25) is 0 Å². The first-order valence-electron chi connectivity index (χ1n) is 11.8. The second kappa shape index (κ2) is 12.2. The van der Waals surface area contributed by atoms with Crippen LogP contribution in [0, 0.1) is 0 Å². The van der Waals surface area contributed by atoms with Gasteiger partial charge in [0.05, 0.1) is 6.10 Å². The normalized spacial score (nSPS) is 24.3. The highest BCUT2D eigenvalue weighted by atomic mass is 32.1. The predicted molar refractivity (Wildman–Crippen MR) is 115 cm³/mol. The first-order valence-corrected chi connectivity index (χ1v) is 12.6. The van der Waals surface area contributed by atoms with Gasteiger partial charge in [-0.1, -0.05) is 64.7 Å². The molecule has 2 aliphatic rings. The van der Waals surface area contributed by atoms with E-state index in [9.17, 15) is 0 Å². The van der Waals surface area contributed by atoms with E-state index >= 15 is 0 Å². The molecule has 0 unspecified atom stereocenters. The number of hydrogen-bond donors (Lipinski definition) is 0. The third-order valence-corrected chi connectivity index (χ3v) is 7.78. The monoisotopic (exact) mass is 392 g/mol. The van der Waals surface area contributed by atoms with Gasteiger partial charge in [-0.15, -0.1) is 21.5 Å². The molecule has 0 atom stereocenters. The number of aromatic nitrogens is 2. The van der Waals surface area contributed by atoms with Crippen LogP contribution in [0.1, 0.15) is 132 Å². The lowest BCUT2D eigenvalue weighted by molar-refractivity contribution is 0.0225. The molecule has 0 aromatic carbocycles.